The molecule has 0 aliphatic carbocycles. The lowest BCUT2D eigenvalue weighted by Gasteiger charge is -2.10. The first-order valence-corrected chi connectivity index (χ1v) is 8.46. The molecule has 2 heterocycles. The summed E-state index contributed by atoms with van der Waals surface area (Å²) >= 11 is 6.09. The van der Waals surface area contributed by atoms with Gasteiger partial charge in [0.2, 0.25) is 0 Å². The topological polar surface area (TPSA) is 64.1 Å². The number of carbonyl (C=O) groups excluding carboxylic acids is 1. The van der Waals surface area contributed by atoms with Gasteiger partial charge < -0.3 is 0 Å². The van der Waals surface area contributed by atoms with Crippen molar-refractivity contribution < 1.29 is 13.2 Å². The lowest BCUT2D eigenvalue weighted by molar-refractivity contribution is 0.0935. The van der Waals surface area contributed by atoms with Crippen LogP contribution in [0.4, 0.5) is 0 Å². The van der Waals surface area contributed by atoms with Crippen molar-refractivity contribution in [2.24, 2.45) is 5.92 Å². The Hall–Kier alpha value is -1.46. The second-order valence-electron chi connectivity index (χ2n) is 4.96. The van der Waals surface area contributed by atoms with E-state index in [1.165, 1.54) is 0 Å². The zero-order valence-electron chi connectivity index (χ0n) is 10.5. The monoisotopic (exact) mass is 309 g/mol. The molecule has 0 bridgehead atoms. The number of Topliss-reactive ketones (excluding diaryl/α,β-unsaturated/α-hetero) is 1. The van der Waals surface area contributed by atoms with E-state index in [4.69, 9.17) is 11.6 Å². The van der Waals surface area contributed by atoms with Crippen LogP contribution in [0.15, 0.2) is 30.5 Å². The van der Waals surface area contributed by atoms with Crippen molar-refractivity contribution in [2.75, 3.05) is 11.5 Å². The summed E-state index contributed by atoms with van der Waals surface area (Å²) in [5.74, 6) is -0.608. The summed E-state index contributed by atoms with van der Waals surface area (Å²) in [4.78, 5) is 16.7. The van der Waals surface area contributed by atoms with Crippen molar-refractivity contribution in [1.82, 2.24) is 4.98 Å². The predicted molar refractivity (Wildman–Crippen MR) is 77.8 cm³/mol. The molecule has 1 aliphatic heterocycles. The molecule has 0 amide bonds. The van der Waals surface area contributed by atoms with E-state index in [0.717, 1.165) is 0 Å². The number of benzene rings is 1. The van der Waals surface area contributed by atoms with Crippen LogP contribution in [0.3, 0.4) is 0 Å². The molecule has 20 heavy (non-hydrogen) atoms. The van der Waals surface area contributed by atoms with Gasteiger partial charge in [0.15, 0.2) is 15.6 Å². The molecule has 4 nitrogen and oxygen atoms in total. The average molecular weight is 310 g/mol. The molecule has 1 aromatic heterocycles. The summed E-state index contributed by atoms with van der Waals surface area (Å²) in [6, 6.07) is 6.84. The zero-order valence-corrected chi connectivity index (χ0v) is 12.1. The molecular weight excluding hydrogens is 298 g/mol. The second kappa shape index (κ2) is 4.82. The van der Waals surface area contributed by atoms with E-state index in [2.05, 4.69) is 4.98 Å². The third kappa shape index (κ3) is 2.31. The van der Waals surface area contributed by atoms with E-state index >= 15 is 0 Å². The standard InChI is InChI=1S/C14H12ClNO3S/c15-12-4-3-11(13-10(12)2-1-6-16-13)14(17)9-5-7-20(18,19)8-9/h1-4,6,9H,5,7-8H2. The van der Waals surface area contributed by atoms with E-state index in [-0.39, 0.29) is 17.3 Å². The van der Waals surface area contributed by atoms with Crippen LogP contribution in [0, 0.1) is 5.92 Å². The number of rotatable bonds is 2. The number of ketones is 1. The fourth-order valence-electron chi connectivity index (χ4n) is 2.56. The predicted octanol–water partition coefficient (Wildman–Crippen LogP) is 2.51. The van der Waals surface area contributed by atoms with Crippen LogP contribution in [0.1, 0.15) is 16.8 Å². The van der Waals surface area contributed by atoms with Crippen molar-refractivity contribution >= 4 is 38.1 Å². The van der Waals surface area contributed by atoms with Crippen LogP contribution in [-0.2, 0) is 9.84 Å². The van der Waals surface area contributed by atoms with Crippen molar-refractivity contribution in [3.63, 3.8) is 0 Å². The Balaban J connectivity index is 2.07. The minimum absolute atomic E-state index is 0.0667. The second-order valence-corrected chi connectivity index (χ2v) is 7.59. The van der Waals surface area contributed by atoms with Gasteiger partial charge in [-0.3, -0.25) is 9.78 Å². The number of sulfone groups is 1. The lowest BCUT2D eigenvalue weighted by atomic mass is 9.95. The summed E-state index contributed by atoms with van der Waals surface area (Å²) in [7, 11) is -3.08. The maximum Gasteiger partial charge on any atom is 0.169 e. The van der Waals surface area contributed by atoms with Crippen LogP contribution < -0.4 is 0 Å². The van der Waals surface area contributed by atoms with Gasteiger partial charge in [-0.15, -0.1) is 0 Å². The Bertz CT molecular complexity index is 801. The van der Waals surface area contributed by atoms with Gasteiger partial charge in [-0.1, -0.05) is 11.6 Å². The molecule has 1 atom stereocenters. The van der Waals surface area contributed by atoms with Gasteiger partial charge in [-0.2, -0.15) is 0 Å². The number of halogens is 1. The van der Waals surface area contributed by atoms with E-state index < -0.39 is 15.8 Å². The van der Waals surface area contributed by atoms with E-state index in [1.54, 1.807) is 30.5 Å². The Labute approximate surface area is 121 Å². The van der Waals surface area contributed by atoms with E-state index in [0.29, 0.717) is 27.9 Å². The van der Waals surface area contributed by atoms with E-state index in [1.807, 2.05) is 0 Å². The quantitative estimate of drug-likeness (QED) is 0.800. The normalized spacial score (nSPS) is 21.1. The molecule has 1 aliphatic rings. The first-order chi connectivity index (χ1) is 9.48. The molecule has 104 valence electrons. The molecule has 0 spiro atoms. The number of fused-ring (bicyclic) bond motifs is 1. The summed E-state index contributed by atoms with van der Waals surface area (Å²) in [5, 5.41) is 1.24. The number of carbonyl (C=O) groups is 1. The van der Waals surface area contributed by atoms with Gasteiger partial charge in [-0.05, 0) is 30.7 Å². The van der Waals surface area contributed by atoms with Crippen molar-refractivity contribution in [1.29, 1.82) is 0 Å². The van der Waals surface area contributed by atoms with Crippen LogP contribution in [0.25, 0.3) is 10.9 Å². The van der Waals surface area contributed by atoms with Crippen molar-refractivity contribution in [3.05, 3.63) is 41.0 Å². The van der Waals surface area contributed by atoms with Gasteiger partial charge in [-0.25, -0.2) is 8.42 Å². The Morgan fingerprint density at radius 2 is 2.10 bits per heavy atom. The van der Waals surface area contributed by atoms with Crippen molar-refractivity contribution in [2.45, 2.75) is 6.42 Å². The zero-order chi connectivity index (χ0) is 14.3. The number of aromatic nitrogens is 1. The summed E-state index contributed by atoms with van der Waals surface area (Å²) in [6.07, 6.45) is 1.99. The Morgan fingerprint density at radius 1 is 1.30 bits per heavy atom. The first-order valence-electron chi connectivity index (χ1n) is 6.26. The molecule has 0 radical (unpaired) electrons. The maximum atomic E-state index is 12.5. The van der Waals surface area contributed by atoms with Gasteiger partial charge in [0.25, 0.3) is 0 Å². The number of hydrogen-bond donors (Lipinski definition) is 0. The summed E-state index contributed by atoms with van der Waals surface area (Å²) in [6.45, 7) is 0. The lowest BCUT2D eigenvalue weighted by Crippen LogP contribution is -2.16. The van der Waals surface area contributed by atoms with E-state index in [9.17, 15) is 13.2 Å². The Morgan fingerprint density at radius 3 is 2.80 bits per heavy atom. The van der Waals surface area contributed by atoms with Crippen LogP contribution in [-0.4, -0.2) is 30.7 Å². The third-order valence-corrected chi connectivity index (χ3v) is 5.68. The Kier molecular flexibility index (Phi) is 3.26. The molecule has 1 fully saturated rings. The summed E-state index contributed by atoms with van der Waals surface area (Å²) < 4.78 is 23.0. The van der Waals surface area contributed by atoms with Crippen LogP contribution in [0.5, 0.6) is 0 Å². The molecule has 2 aromatic rings. The molecule has 0 saturated carbocycles. The maximum absolute atomic E-state index is 12.5. The van der Waals surface area contributed by atoms with Gasteiger partial charge in [0, 0.05) is 23.1 Å². The van der Waals surface area contributed by atoms with Crippen LogP contribution in [0.2, 0.25) is 5.02 Å². The van der Waals surface area contributed by atoms with Crippen molar-refractivity contribution in [3.8, 4) is 0 Å². The fraction of sp³-hybridized carbons (Fsp3) is 0.286. The van der Waals surface area contributed by atoms with Crippen LogP contribution >= 0.6 is 11.6 Å². The first kappa shape index (κ1) is 13.5. The number of nitrogens with zero attached hydrogens (tertiary/aromatic N) is 1. The molecule has 1 saturated heterocycles. The summed E-state index contributed by atoms with van der Waals surface area (Å²) in [5.41, 5.74) is 0.987. The smallest absolute Gasteiger partial charge is 0.169 e. The van der Waals surface area contributed by atoms with Gasteiger partial charge >= 0.3 is 0 Å². The van der Waals surface area contributed by atoms with Gasteiger partial charge in [0.1, 0.15) is 0 Å². The molecule has 1 aromatic carbocycles. The highest BCUT2D eigenvalue weighted by molar-refractivity contribution is 7.91. The highest BCUT2D eigenvalue weighted by Crippen LogP contribution is 2.29. The highest BCUT2D eigenvalue weighted by atomic mass is 35.5. The minimum atomic E-state index is -3.08. The average Bonchev–Trinajstić information content (AvgIpc) is 2.79. The largest absolute Gasteiger partial charge is 0.294 e. The number of hydrogen-bond acceptors (Lipinski definition) is 4. The SMILES string of the molecule is O=C(c1ccc(Cl)c2cccnc12)C1CCS(=O)(=O)C1. The van der Waals surface area contributed by atoms with Gasteiger partial charge in [0.05, 0.1) is 22.0 Å². The fourth-order valence-corrected chi connectivity index (χ4v) is 4.52. The molecular formula is C14H12ClNO3S. The molecule has 6 heteroatoms. The molecule has 0 N–H and O–H groups in total. The minimum Gasteiger partial charge on any atom is -0.294 e. The molecule has 3 rings (SSSR count). The third-order valence-electron chi connectivity index (χ3n) is 3.59. The highest BCUT2D eigenvalue weighted by Gasteiger charge is 2.34. The molecule has 1 unspecified atom stereocenters. The number of pyridine rings is 1.